The van der Waals surface area contributed by atoms with Crippen LogP contribution >= 0.6 is 7.60 Å². The maximum Gasteiger partial charge on any atom is 0.325 e. The molecule has 26 heavy (non-hydrogen) atoms. The zero-order valence-corrected chi connectivity index (χ0v) is 18.7. The van der Waals surface area contributed by atoms with Gasteiger partial charge in [-0.3, -0.25) is 4.57 Å². The van der Waals surface area contributed by atoms with Gasteiger partial charge in [-0.2, -0.15) is 0 Å². The summed E-state index contributed by atoms with van der Waals surface area (Å²) in [5, 5.41) is 8.82. The van der Waals surface area contributed by atoms with Crippen molar-refractivity contribution < 1.29 is 23.8 Å². The summed E-state index contributed by atoms with van der Waals surface area (Å²) in [6, 6.07) is 0. The van der Waals surface area contributed by atoms with Crippen molar-refractivity contribution in [3.63, 3.8) is 0 Å². The minimum absolute atomic E-state index is 0.309. The molecule has 158 valence electrons. The summed E-state index contributed by atoms with van der Waals surface area (Å²) in [5.74, 6) is 0. The molecule has 1 unspecified atom stereocenters. The van der Waals surface area contributed by atoms with Crippen LogP contribution in [0.5, 0.6) is 0 Å². The lowest BCUT2D eigenvalue weighted by Crippen LogP contribution is -2.22. The second kappa shape index (κ2) is 13.3. The summed E-state index contributed by atoms with van der Waals surface area (Å²) < 4.78 is 22.2. The standard InChI is InChI=1S/C20H43O5P/c1-19(2,13-7-6-10-16-21)14-8-11-17-24-18-12-9-15-20(3,4)25-26(5,22)23/h21H,6-18H2,1-5H3,(H,22,23). The van der Waals surface area contributed by atoms with Crippen LogP contribution in [-0.4, -0.2) is 42.1 Å². The third-order valence-electron chi connectivity index (χ3n) is 4.64. The fraction of sp³-hybridized carbons (Fsp3) is 1.00. The number of ether oxygens (including phenoxy) is 1. The smallest absolute Gasteiger partial charge is 0.325 e. The Labute approximate surface area is 161 Å². The van der Waals surface area contributed by atoms with E-state index in [1.54, 1.807) is 0 Å². The normalized spacial score (nSPS) is 15.2. The van der Waals surface area contributed by atoms with Gasteiger partial charge >= 0.3 is 7.60 Å². The van der Waals surface area contributed by atoms with Crippen LogP contribution in [0, 0.1) is 5.41 Å². The molecule has 5 nitrogen and oxygen atoms in total. The fourth-order valence-corrected chi connectivity index (χ4v) is 4.19. The molecule has 2 N–H and O–H groups in total. The zero-order valence-electron chi connectivity index (χ0n) is 17.8. The van der Waals surface area contributed by atoms with E-state index in [9.17, 15) is 9.46 Å². The second-order valence-corrected chi connectivity index (χ2v) is 10.7. The molecular formula is C20H43O5P. The summed E-state index contributed by atoms with van der Waals surface area (Å²) in [6.45, 7) is 11.5. The first-order valence-electron chi connectivity index (χ1n) is 10.2. The highest BCUT2D eigenvalue weighted by Crippen LogP contribution is 2.43. The average Bonchev–Trinajstić information content (AvgIpc) is 2.47. The van der Waals surface area contributed by atoms with Crippen LogP contribution in [0.15, 0.2) is 0 Å². The second-order valence-electron chi connectivity index (χ2n) is 8.88. The molecule has 0 amide bonds. The van der Waals surface area contributed by atoms with Crippen molar-refractivity contribution in [3.8, 4) is 0 Å². The molecule has 0 aliphatic rings. The van der Waals surface area contributed by atoms with Gasteiger partial charge in [-0.1, -0.05) is 33.1 Å². The van der Waals surface area contributed by atoms with Crippen molar-refractivity contribution in [2.24, 2.45) is 5.41 Å². The Morgan fingerprint density at radius 3 is 1.81 bits per heavy atom. The molecule has 0 radical (unpaired) electrons. The summed E-state index contributed by atoms with van der Waals surface area (Å²) >= 11 is 0. The molecule has 0 aliphatic carbocycles. The monoisotopic (exact) mass is 394 g/mol. The van der Waals surface area contributed by atoms with Crippen molar-refractivity contribution >= 4 is 7.60 Å². The number of aliphatic hydroxyl groups is 1. The van der Waals surface area contributed by atoms with Crippen molar-refractivity contribution in [1.82, 2.24) is 0 Å². The van der Waals surface area contributed by atoms with Gasteiger partial charge in [-0.15, -0.1) is 0 Å². The molecular weight excluding hydrogens is 351 g/mol. The minimum atomic E-state index is -3.43. The van der Waals surface area contributed by atoms with Crippen LogP contribution in [0.2, 0.25) is 0 Å². The third kappa shape index (κ3) is 17.5. The van der Waals surface area contributed by atoms with Gasteiger partial charge in [0, 0.05) is 26.5 Å². The highest BCUT2D eigenvalue weighted by Gasteiger charge is 2.26. The molecule has 0 aromatic carbocycles. The predicted molar refractivity (Wildman–Crippen MR) is 109 cm³/mol. The Hall–Kier alpha value is 0.0700. The van der Waals surface area contributed by atoms with E-state index in [4.69, 9.17) is 14.4 Å². The van der Waals surface area contributed by atoms with E-state index in [1.165, 1.54) is 32.3 Å². The summed E-state index contributed by atoms with van der Waals surface area (Å²) in [5.41, 5.74) is -0.186. The van der Waals surface area contributed by atoms with Gasteiger partial charge in [-0.05, 0) is 64.2 Å². The first-order chi connectivity index (χ1) is 12.0. The maximum atomic E-state index is 11.3. The van der Waals surface area contributed by atoms with E-state index >= 15 is 0 Å². The average molecular weight is 395 g/mol. The van der Waals surface area contributed by atoms with Gasteiger partial charge < -0.3 is 19.3 Å². The lowest BCUT2D eigenvalue weighted by Gasteiger charge is -2.26. The SMILES string of the molecule is CC(C)(CCCCCO)CCCCOCCCCC(C)(C)OP(C)(=O)O. The van der Waals surface area contributed by atoms with E-state index in [2.05, 4.69) is 13.8 Å². The number of unbranched alkanes of at least 4 members (excludes halogenated alkanes) is 4. The molecule has 0 saturated heterocycles. The van der Waals surface area contributed by atoms with Crippen LogP contribution in [0.3, 0.4) is 0 Å². The Morgan fingerprint density at radius 2 is 1.31 bits per heavy atom. The Morgan fingerprint density at radius 1 is 0.808 bits per heavy atom. The molecule has 0 heterocycles. The summed E-state index contributed by atoms with van der Waals surface area (Å²) in [7, 11) is -3.43. The molecule has 6 heteroatoms. The van der Waals surface area contributed by atoms with Crippen LogP contribution in [0.1, 0.15) is 91.9 Å². The first-order valence-corrected chi connectivity index (χ1v) is 12.2. The Kier molecular flexibility index (Phi) is 13.3. The van der Waals surface area contributed by atoms with Crippen molar-refractivity contribution in [1.29, 1.82) is 0 Å². The van der Waals surface area contributed by atoms with Crippen molar-refractivity contribution in [3.05, 3.63) is 0 Å². The molecule has 0 fully saturated rings. The van der Waals surface area contributed by atoms with Crippen molar-refractivity contribution in [2.75, 3.05) is 26.5 Å². The van der Waals surface area contributed by atoms with Gasteiger partial charge in [0.15, 0.2) is 0 Å². The van der Waals surface area contributed by atoms with Gasteiger partial charge in [0.1, 0.15) is 0 Å². The maximum absolute atomic E-state index is 11.3. The first kappa shape index (κ1) is 26.1. The van der Waals surface area contributed by atoms with E-state index < -0.39 is 13.2 Å². The van der Waals surface area contributed by atoms with E-state index in [-0.39, 0.29) is 0 Å². The zero-order chi connectivity index (χ0) is 20.1. The molecule has 0 spiro atoms. The highest BCUT2D eigenvalue weighted by molar-refractivity contribution is 7.51. The molecule has 0 aromatic heterocycles. The lowest BCUT2D eigenvalue weighted by atomic mass is 9.82. The summed E-state index contributed by atoms with van der Waals surface area (Å²) in [4.78, 5) is 9.30. The molecule has 1 atom stereocenters. The topological polar surface area (TPSA) is 76.0 Å². The summed E-state index contributed by atoms with van der Waals surface area (Å²) in [6.07, 6.45) is 10.6. The van der Waals surface area contributed by atoms with Gasteiger partial charge in [0.2, 0.25) is 0 Å². The fourth-order valence-electron chi connectivity index (χ4n) is 3.19. The van der Waals surface area contributed by atoms with E-state index in [0.717, 1.165) is 51.7 Å². The van der Waals surface area contributed by atoms with Crippen LogP contribution in [0.25, 0.3) is 0 Å². The van der Waals surface area contributed by atoms with Crippen LogP contribution in [0.4, 0.5) is 0 Å². The van der Waals surface area contributed by atoms with Gasteiger partial charge in [0.25, 0.3) is 0 Å². The quantitative estimate of drug-likeness (QED) is 0.250. The van der Waals surface area contributed by atoms with Gasteiger partial charge in [0.05, 0.1) is 5.60 Å². The van der Waals surface area contributed by atoms with E-state index in [0.29, 0.717) is 12.0 Å². The molecule has 0 saturated carbocycles. The van der Waals surface area contributed by atoms with Crippen LogP contribution < -0.4 is 0 Å². The van der Waals surface area contributed by atoms with E-state index in [1.807, 2.05) is 13.8 Å². The van der Waals surface area contributed by atoms with Gasteiger partial charge in [-0.25, -0.2) is 0 Å². The number of rotatable bonds is 17. The predicted octanol–water partition coefficient (Wildman–Crippen LogP) is 5.53. The molecule has 0 aliphatic heterocycles. The minimum Gasteiger partial charge on any atom is -0.396 e. The number of hydrogen-bond donors (Lipinski definition) is 2. The Balaban J connectivity index is 3.57. The lowest BCUT2D eigenvalue weighted by molar-refractivity contribution is 0.0758. The van der Waals surface area contributed by atoms with Crippen molar-refractivity contribution in [2.45, 2.75) is 97.5 Å². The number of aliphatic hydroxyl groups excluding tert-OH is 1. The molecule has 0 bridgehead atoms. The van der Waals surface area contributed by atoms with Crippen LogP contribution in [-0.2, 0) is 13.8 Å². The highest BCUT2D eigenvalue weighted by atomic mass is 31.2. The Bertz CT molecular complexity index is 390. The molecule has 0 aromatic rings. The third-order valence-corrected chi connectivity index (χ3v) is 5.47. The molecule has 0 rings (SSSR count). The largest absolute Gasteiger partial charge is 0.396 e. The number of hydrogen-bond acceptors (Lipinski definition) is 4.